The Labute approximate surface area is 113 Å². The minimum Gasteiger partial charge on any atom is -0.508 e. The van der Waals surface area contributed by atoms with Gasteiger partial charge in [0.2, 0.25) is 0 Å². The number of hydrogen-bond donors (Lipinski definition) is 3. The molecule has 3 aromatic rings. The van der Waals surface area contributed by atoms with Crippen LogP contribution in [0.5, 0.6) is 5.75 Å². The van der Waals surface area contributed by atoms with Gasteiger partial charge in [-0.15, -0.1) is 0 Å². The summed E-state index contributed by atoms with van der Waals surface area (Å²) in [5.41, 5.74) is 6.80. The minimum atomic E-state index is -0.563. The van der Waals surface area contributed by atoms with Gasteiger partial charge in [-0.2, -0.15) is 0 Å². The van der Waals surface area contributed by atoms with E-state index in [-0.39, 0.29) is 11.1 Å². The summed E-state index contributed by atoms with van der Waals surface area (Å²) in [5, 5.41) is 18.8. The number of nitrogens with one attached hydrogen (secondary N) is 1. The number of nitrogens with two attached hydrogens (primary N) is 1. The van der Waals surface area contributed by atoms with Crippen molar-refractivity contribution >= 4 is 33.6 Å². The van der Waals surface area contributed by atoms with Crippen molar-refractivity contribution in [2.45, 2.75) is 6.92 Å². The van der Waals surface area contributed by atoms with Gasteiger partial charge in [-0.05, 0) is 25.1 Å². The van der Waals surface area contributed by atoms with Crippen LogP contribution in [-0.2, 0) is 0 Å². The van der Waals surface area contributed by atoms with Gasteiger partial charge in [0.05, 0.1) is 5.39 Å². The molecular weight excluding hydrogens is 256 g/mol. The lowest BCUT2D eigenvalue weighted by atomic mass is 10.0. The first-order chi connectivity index (χ1) is 9.54. The molecule has 0 atom stereocenters. The molecule has 1 aromatic heterocycles. The van der Waals surface area contributed by atoms with Crippen molar-refractivity contribution in [3.8, 4) is 5.75 Å². The molecule has 0 aliphatic carbocycles. The summed E-state index contributed by atoms with van der Waals surface area (Å²) in [7, 11) is 0. The number of aryl methyl sites for hydroxylation is 1. The number of phenols is 1. The molecule has 0 radical (unpaired) electrons. The van der Waals surface area contributed by atoms with E-state index in [1.54, 1.807) is 31.2 Å². The summed E-state index contributed by atoms with van der Waals surface area (Å²) >= 11 is 0. The SMILES string of the molecule is Cc1c(O)ccc2c1oc(=O)c1c(C=N)c(N)ccc12. The molecule has 0 amide bonds. The van der Waals surface area contributed by atoms with Crippen LogP contribution in [-0.4, -0.2) is 11.3 Å². The van der Waals surface area contributed by atoms with Crippen molar-refractivity contribution in [3.05, 3.63) is 45.8 Å². The number of rotatable bonds is 1. The number of benzene rings is 2. The Bertz CT molecular complexity index is 926. The van der Waals surface area contributed by atoms with E-state index in [1.165, 1.54) is 0 Å². The van der Waals surface area contributed by atoms with E-state index in [0.717, 1.165) is 6.21 Å². The van der Waals surface area contributed by atoms with Crippen LogP contribution >= 0.6 is 0 Å². The van der Waals surface area contributed by atoms with Gasteiger partial charge in [0.1, 0.15) is 11.3 Å². The smallest absolute Gasteiger partial charge is 0.344 e. The first-order valence-corrected chi connectivity index (χ1v) is 6.02. The normalized spacial score (nSPS) is 11.1. The van der Waals surface area contributed by atoms with Gasteiger partial charge >= 0.3 is 5.63 Å². The van der Waals surface area contributed by atoms with E-state index in [9.17, 15) is 9.90 Å². The summed E-state index contributed by atoms with van der Waals surface area (Å²) in [5.74, 6) is 0.0720. The number of nitrogen functional groups attached to an aromatic ring is 1. The molecule has 5 heteroatoms. The third kappa shape index (κ3) is 1.50. The molecule has 3 rings (SSSR count). The Morgan fingerprint density at radius 2 is 1.95 bits per heavy atom. The van der Waals surface area contributed by atoms with Crippen LogP contribution in [0.1, 0.15) is 11.1 Å². The Morgan fingerprint density at radius 1 is 1.25 bits per heavy atom. The number of hydrogen-bond acceptors (Lipinski definition) is 5. The lowest BCUT2D eigenvalue weighted by Gasteiger charge is -2.09. The maximum absolute atomic E-state index is 12.2. The monoisotopic (exact) mass is 268 g/mol. The Balaban J connectivity index is 2.67. The van der Waals surface area contributed by atoms with Gasteiger partial charge in [-0.25, -0.2) is 4.79 Å². The molecule has 0 aliphatic heterocycles. The van der Waals surface area contributed by atoms with Crippen LogP contribution in [0.3, 0.4) is 0 Å². The molecule has 0 saturated carbocycles. The van der Waals surface area contributed by atoms with Crippen LogP contribution < -0.4 is 11.4 Å². The molecule has 0 spiro atoms. The van der Waals surface area contributed by atoms with E-state index < -0.39 is 5.63 Å². The third-order valence-electron chi connectivity index (χ3n) is 3.49. The number of anilines is 1. The standard InChI is InChI=1S/C15H12N2O3/c1-7-12(18)5-3-9-8-2-4-11(17)10(6-16)13(8)15(19)20-14(7)9/h2-6,16,18H,17H2,1H3. The van der Waals surface area contributed by atoms with Crippen LogP contribution in [0, 0.1) is 12.3 Å². The van der Waals surface area contributed by atoms with Crippen LogP contribution in [0.15, 0.2) is 33.5 Å². The Hall–Kier alpha value is -2.82. The fourth-order valence-corrected chi connectivity index (χ4v) is 2.40. The lowest BCUT2D eigenvalue weighted by molar-refractivity contribution is 0.468. The van der Waals surface area contributed by atoms with E-state index >= 15 is 0 Å². The molecule has 1 heterocycles. The highest BCUT2D eigenvalue weighted by Crippen LogP contribution is 2.32. The quantitative estimate of drug-likeness (QED) is 0.273. The molecule has 0 aliphatic rings. The molecule has 0 unspecified atom stereocenters. The first-order valence-electron chi connectivity index (χ1n) is 6.02. The molecular formula is C15H12N2O3. The summed E-state index contributed by atoms with van der Waals surface area (Å²) in [6, 6.07) is 6.63. The topological polar surface area (TPSA) is 100 Å². The lowest BCUT2D eigenvalue weighted by Crippen LogP contribution is -2.06. The highest BCUT2D eigenvalue weighted by atomic mass is 16.4. The van der Waals surface area contributed by atoms with Crippen molar-refractivity contribution in [3.63, 3.8) is 0 Å². The molecule has 4 N–H and O–H groups in total. The third-order valence-corrected chi connectivity index (χ3v) is 3.49. The zero-order valence-corrected chi connectivity index (χ0v) is 10.7. The number of aromatic hydroxyl groups is 1. The van der Waals surface area contributed by atoms with E-state index in [0.29, 0.717) is 33.2 Å². The zero-order chi connectivity index (χ0) is 14.4. The second kappa shape index (κ2) is 4.09. The number of phenolic OH excluding ortho intramolecular Hbond substituents is 1. The van der Waals surface area contributed by atoms with Gasteiger partial charge in [0.25, 0.3) is 0 Å². The van der Waals surface area contributed by atoms with Crippen molar-refractivity contribution in [1.29, 1.82) is 5.41 Å². The maximum atomic E-state index is 12.2. The summed E-state index contributed by atoms with van der Waals surface area (Å²) in [6.45, 7) is 1.68. The van der Waals surface area contributed by atoms with Crippen LogP contribution in [0.4, 0.5) is 5.69 Å². The highest BCUT2D eigenvalue weighted by Gasteiger charge is 2.15. The number of fused-ring (bicyclic) bond motifs is 3. The minimum absolute atomic E-state index is 0.0720. The van der Waals surface area contributed by atoms with E-state index in [2.05, 4.69) is 0 Å². The second-order valence-corrected chi connectivity index (χ2v) is 4.61. The highest BCUT2D eigenvalue weighted by molar-refractivity contribution is 6.12. The second-order valence-electron chi connectivity index (χ2n) is 4.61. The van der Waals surface area contributed by atoms with E-state index in [4.69, 9.17) is 15.6 Å². The molecule has 0 bridgehead atoms. The largest absolute Gasteiger partial charge is 0.508 e. The van der Waals surface area contributed by atoms with E-state index in [1.807, 2.05) is 0 Å². The zero-order valence-electron chi connectivity index (χ0n) is 10.7. The molecule has 100 valence electrons. The van der Waals surface area contributed by atoms with Crippen LogP contribution in [0.2, 0.25) is 0 Å². The van der Waals surface area contributed by atoms with Crippen molar-refractivity contribution in [2.24, 2.45) is 0 Å². The van der Waals surface area contributed by atoms with Crippen LogP contribution in [0.25, 0.3) is 21.7 Å². The van der Waals surface area contributed by atoms with Crippen molar-refractivity contribution in [1.82, 2.24) is 0 Å². The predicted molar refractivity (Wildman–Crippen MR) is 78.7 cm³/mol. The molecule has 0 fully saturated rings. The van der Waals surface area contributed by atoms with Crippen molar-refractivity contribution < 1.29 is 9.52 Å². The molecule has 2 aromatic carbocycles. The molecule has 0 saturated heterocycles. The van der Waals surface area contributed by atoms with Gasteiger partial charge < -0.3 is 20.7 Å². The Morgan fingerprint density at radius 3 is 2.65 bits per heavy atom. The fraction of sp³-hybridized carbons (Fsp3) is 0.0667. The molecule has 20 heavy (non-hydrogen) atoms. The van der Waals surface area contributed by atoms with Crippen molar-refractivity contribution in [2.75, 3.05) is 5.73 Å². The van der Waals surface area contributed by atoms with Gasteiger partial charge in [0.15, 0.2) is 0 Å². The predicted octanol–water partition coefficient (Wildman–Crippen LogP) is 2.54. The Kier molecular flexibility index (Phi) is 2.50. The fourth-order valence-electron chi connectivity index (χ4n) is 2.40. The summed E-state index contributed by atoms with van der Waals surface area (Å²) in [6.07, 6.45) is 1.05. The van der Waals surface area contributed by atoms with Gasteiger partial charge in [-0.3, -0.25) is 0 Å². The summed E-state index contributed by atoms with van der Waals surface area (Å²) in [4.78, 5) is 12.2. The maximum Gasteiger partial charge on any atom is 0.344 e. The first kappa shape index (κ1) is 12.2. The van der Waals surface area contributed by atoms with Gasteiger partial charge in [-0.1, -0.05) is 6.07 Å². The summed E-state index contributed by atoms with van der Waals surface area (Å²) < 4.78 is 5.31. The van der Waals surface area contributed by atoms with Gasteiger partial charge in [0, 0.05) is 33.8 Å². The molecule has 5 nitrogen and oxygen atoms in total. The average molecular weight is 268 g/mol. The average Bonchev–Trinajstić information content (AvgIpc) is 2.43.